The molecule has 2 nitrogen and oxygen atoms in total. The van der Waals surface area contributed by atoms with E-state index in [1.54, 1.807) is 0 Å². The third-order valence-electron chi connectivity index (χ3n) is 2.70. The van der Waals surface area contributed by atoms with Crippen LogP contribution >= 0.6 is 27.5 Å². The predicted octanol–water partition coefficient (Wildman–Crippen LogP) is 3.54. The maximum Gasteiger partial charge on any atom is 0.0751 e. The van der Waals surface area contributed by atoms with Crippen molar-refractivity contribution < 1.29 is 4.74 Å². The molecule has 1 aromatic carbocycles. The van der Waals surface area contributed by atoms with E-state index in [9.17, 15) is 0 Å². The maximum absolute atomic E-state index is 6.03. The summed E-state index contributed by atoms with van der Waals surface area (Å²) in [6.45, 7) is 5.70. The smallest absolute Gasteiger partial charge is 0.0751 e. The molecule has 1 unspecified atom stereocenters. The van der Waals surface area contributed by atoms with Gasteiger partial charge in [-0.15, -0.1) is 0 Å². The van der Waals surface area contributed by atoms with Gasteiger partial charge in [0.15, 0.2) is 0 Å². The molecule has 0 amide bonds. The second-order valence-electron chi connectivity index (χ2n) is 4.71. The Kier molecular flexibility index (Phi) is 3.59. The first-order chi connectivity index (χ1) is 7.46. The third-order valence-corrected chi connectivity index (χ3v) is 3.38. The Morgan fingerprint density at radius 1 is 1.44 bits per heavy atom. The largest absolute Gasteiger partial charge is 0.372 e. The molecule has 0 bridgehead atoms. The van der Waals surface area contributed by atoms with Crippen molar-refractivity contribution in [2.45, 2.75) is 25.5 Å². The van der Waals surface area contributed by atoms with Gasteiger partial charge in [-0.25, -0.2) is 0 Å². The van der Waals surface area contributed by atoms with Crippen molar-refractivity contribution in [3.05, 3.63) is 33.3 Å². The number of hydrogen-bond donors (Lipinski definition) is 1. The molecule has 16 heavy (non-hydrogen) atoms. The lowest BCUT2D eigenvalue weighted by atomic mass is 10.0. The molecule has 1 saturated heterocycles. The zero-order chi connectivity index (χ0) is 11.8. The summed E-state index contributed by atoms with van der Waals surface area (Å²) in [6, 6.07) is 6.17. The van der Waals surface area contributed by atoms with Crippen molar-refractivity contribution in [1.82, 2.24) is 5.32 Å². The first-order valence-electron chi connectivity index (χ1n) is 5.30. The molecule has 88 valence electrons. The van der Waals surface area contributed by atoms with Crippen LogP contribution in [0.4, 0.5) is 0 Å². The summed E-state index contributed by atoms with van der Waals surface area (Å²) in [5.74, 6) is 0. The summed E-state index contributed by atoms with van der Waals surface area (Å²) >= 11 is 9.48. The van der Waals surface area contributed by atoms with E-state index in [0.29, 0.717) is 6.61 Å². The molecule has 1 heterocycles. The normalized spacial score (nSPS) is 24.4. The fourth-order valence-electron chi connectivity index (χ4n) is 1.78. The highest BCUT2D eigenvalue weighted by atomic mass is 79.9. The maximum atomic E-state index is 6.03. The van der Waals surface area contributed by atoms with Crippen LogP contribution in [0, 0.1) is 0 Å². The molecular weight excluding hydrogens is 289 g/mol. The minimum absolute atomic E-state index is 0.0771. The summed E-state index contributed by atoms with van der Waals surface area (Å²) < 4.78 is 6.79. The highest BCUT2D eigenvalue weighted by Gasteiger charge is 2.27. The minimum atomic E-state index is -0.0771. The molecule has 1 aliphatic rings. The second-order valence-corrected chi connectivity index (χ2v) is 6.06. The third kappa shape index (κ3) is 2.98. The molecular formula is C12H15BrClNO. The molecule has 1 fully saturated rings. The number of hydrogen-bond acceptors (Lipinski definition) is 2. The zero-order valence-electron chi connectivity index (χ0n) is 9.39. The lowest BCUT2D eigenvalue weighted by Gasteiger charge is -2.36. The Hall–Kier alpha value is -0.0900. The number of ether oxygens (including phenoxy) is 1. The zero-order valence-corrected chi connectivity index (χ0v) is 11.7. The fourth-order valence-corrected chi connectivity index (χ4v) is 2.66. The summed E-state index contributed by atoms with van der Waals surface area (Å²) in [5.41, 5.74) is 1.08. The predicted molar refractivity (Wildman–Crippen MR) is 69.9 cm³/mol. The van der Waals surface area contributed by atoms with Crippen LogP contribution in [0.15, 0.2) is 22.7 Å². The molecule has 0 aliphatic carbocycles. The van der Waals surface area contributed by atoms with Gasteiger partial charge in [0.2, 0.25) is 0 Å². The molecule has 1 N–H and O–H groups in total. The number of halogens is 2. The number of rotatable bonds is 1. The van der Waals surface area contributed by atoms with E-state index in [1.807, 2.05) is 12.1 Å². The summed E-state index contributed by atoms with van der Waals surface area (Å²) in [6.07, 6.45) is 0. The Morgan fingerprint density at radius 2 is 2.19 bits per heavy atom. The van der Waals surface area contributed by atoms with Gasteiger partial charge in [-0.3, -0.25) is 0 Å². The number of morpholine rings is 1. The van der Waals surface area contributed by atoms with Crippen molar-refractivity contribution in [2.75, 3.05) is 13.2 Å². The fraction of sp³-hybridized carbons (Fsp3) is 0.500. The average molecular weight is 305 g/mol. The van der Waals surface area contributed by atoms with Crippen LogP contribution in [0.2, 0.25) is 5.02 Å². The van der Waals surface area contributed by atoms with Crippen molar-refractivity contribution in [3.8, 4) is 0 Å². The van der Waals surface area contributed by atoms with E-state index in [-0.39, 0.29) is 11.6 Å². The molecule has 0 spiro atoms. The number of benzene rings is 1. The van der Waals surface area contributed by atoms with Gasteiger partial charge in [-0.05, 0) is 37.6 Å². The molecule has 1 aromatic rings. The van der Waals surface area contributed by atoms with Crippen LogP contribution in [-0.2, 0) is 4.74 Å². The van der Waals surface area contributed by atoms with E-state index in [2.05, 4.69) is 41.2 Å². The van der Waals surface area contributed by atoms with Crippen LogP contribution in [0.3, 0.4) is 0 Å². The molecule has 0 aromatic heterocycles. The van der Waals surface area contributed by atoms with Crippen LogP contribution in [0.25, 0.3) is 0 Å². The van der Waals surface area contributed by atoms with E-state index < -0.39 is 0 Å². The lowest BCUT2D eigenvalue weighted by molar-refractivity contribution is -0.0586. The number of nitrogens with one attached hydrogen (secondary N) is 1. The van der Waals surface area contributed by atoms with Gasteiger partial charge in [0, 0.05) is 16.0 Å². The van der Waals surface area contributed by atoms with Gasteiger partial charge < -0.3 is 10.1 Å². The molecule has 4 heteroatoms. The molecule has 0 saturated carbocycles. The highest BCUT2D eigenvalue weighted by molar-refractivity contribution is 9.10. The van der Waals surface area contributed by atoms with Crippen molar-refractivity contribution in [3.63, 3.8) is 0 Å². The van der Waals surface area contributed by atoms with Crippen LogP contribution < -0.4 is 5.32 Å². The van der Waals surface area contributed by atoms with Gasteiger partial charge >= 0.3 is 0 Å². The van der Waals surface area contributed by atoms with E-state index >= 15 is 0 Å². The van der Waals surface area contributed by atoms with Crippen molar-refractivity contribution in [2.24, 2.45) is 0 Å². The SMILES string of the molecule is CC1(C)CNC(c2cc(Cl)cc(Br)c2)CO1. The van der Waals surface area contributed by atoms with Crippen LogP contribution in [-0.4, -0.2) is 18.8 Å². The first kappa shape index (κ1) is 12.4. The molecule has 2 rings (SSSR count). The highest BCUT2D eigenvalue weighted by Crippen LogP contribution is 2.27. The van der Waals surface area contributed by atoms with Gasteiger partial charge in [-0.2, -0.15) is 0 Å². The summed E-state index contributed by atoms with van der Waals surface area (Å²) in [4.78, 5) is 0. The van der Waals surface area contributed by atoms with Gasteiger partial charge in [0.1, 0.15) is 0 Å². The summed E-state index contributed by atoms with van der Waals surface area (Å²) in [7, 11) is 0. The molecule has 1 atom stereocenters. The quantitative estimate of drug-likeness (QED) is 0.857. The minimum Gasteiger partial charge on any atom is -0.372 e. The second kappa shape index (κ2) is 4.65. The van der Waals surface area contributed by atoms with Crippen LogP contribution in [0.5, 0.6) is 0 Å². The average Bonchev–Trinajstić information content (AvgIpc) is 2.15. The Balaban J connectivity index is 2.14. The standard InChI is InChI=1S/C12H15BrClNO/c1-12(2)7-15-11(6-16-12)8-3-9(13)5-10(14)4-8/h3-5,11,15H,6-7H2,1-2H3. The molecule has 0 radical (unpaired) electrons. The van der Waals surface area contributed by atoms with Crippen molar-refractivity contribution >= 4 is 27.5 Å². The van der Waals surface area contributed by atoms with E-state index in [0.717, 1.165) is 21.6 Å². The van der Waals surface area contributed by atoms with Crippen LogP contribution in [0.1, 0.15) is 25.5 Å². The monoisotopic (exact) mass is 303 g/mol. The van der Waals surface area contributed by atoms with Gasteiger partial charge in [0.05, 0.1) is 18.2 Å². The van der Waals surface area contributed by atoms with E-state index in [4.69, 9.17) is 16.3 Å². The topological polar surface area (TPSA) is 21.3 Å². The first-order valence-corrected chi connectivity index (χ1v) is 6.47. The lowest BCUT2D eigenvalue weighted by Crippen LogP contribution is -2.47. The summed E-state index contributed by atoms with van der Waals surface area (Å²) in [5, 5.41) is 4.22. The molecule has 1 aliphatic heterocycles. The Labute approximate surface area is 109 Å². The Morgan fingerprint density at radius 3 is 2.75 bits per heavy atom. The van der Waals surface area contributed by atoms with E-state index in [1.165, 1.54) is 0 Å². The van der Waals surface area contributed by atoms with Gasteiger partial charge in [-0.1, -0.05) is 27.5 Å². The van der Waals surface area contributed by atoms with Crippen molar-refractivity contribution in [1.29, 1.82) is 0 Å². The Bertz CT molecular complexity index is 364. The van der Waals surface area contributed by atoms with Gasteiger partial charge in [0.25, 0.3) is 0 Å².